The van der Waals surface area contributed by atoms with Crippen molar-refractivity contribution in [1.29, 1.82) is 0 Å². The van der Waals surface area contributed by atoms with Crippen molar-refractivity contribution in [2.75, 3.05) is 0 Å². The van der Waals surface area contributed by atoms with Crippen molar-refractivity contribution in [3.63, 3.8) is 0 Å². The molecular formula is C30H43. The van der Waals surface area contributed by atoms with Crippen LogP contribution in [0.2, 0.25) is 0 Å². The van der Waals surface area contributed by atoms with E-state index >= 15 is 0 Å². The van der Waals surface area contributed by atoms with Crippen molar-refractivity contribution in [2.24, 2.45) is 11.8 Å². The van der Waals surface area contributed by atoms with Gasteiger partial charge in [-0.3, -0.25) is 0 Å². The SMILES string of the molecule is CC/C=C\C[C](CCC(C)CCc1ccccc1)CCC(C)CCc1ccccc1. The Morgan fingerprint density at radius 1 is 0.667 bits per heavy atom. The van der Waals surface area contributed by atoms with Crippen molar-refractivity contribution in [3.05, 3.63) is 89.9 Å². The summed E-state index contributed by atoms with van der Waals surface area (Å²) in [5, 5.41) is 0. The Bertz CT molecular complexity index is 616. The van der Waals surface area contributed by atoms with E-state index in [1.165, 1.54) is 68.9 Å². The zero-order valence-electron chi connectivity index (χ0n) is 19.7. The first-order valence-electron chi connectivity index (χ1n) is 12.2. The van der Waals surface area contributed by atoms with Gasteiger partial charge in [-0.05, 0) is 80.2 Å². The summed E-state index contributed by atoms with van der Waals surface area (Å²) in [5.74, 6) is 3.36. The van der Waals surface area contributed by atoms with Crippen LogP contribution in [0.4, 0.5) is 0 Å². The van der Waals surface area contributed by atoms with Crippen LogP contribution in [-0.2, 0) is 12.8 Å². The summed E-state index contributed by atoms with van der Waals surface area (Å²) < 4.78 is 0. The van der Waals surface area contributed by atoms with E-state index in [0.29, 0.717) is 0 Å². The van der Waals surface area contributed by atoms with Gasteiger partial charge in [-0.2, -0.15) is 0 Å². The summed E-state index contributed by atoms with van der Waals surface area (Å²) in [6.45, 7) is 7.10. The second kappa shape index (κ2) is 15.1. The first-order chi connectivity index (χ1) is 14.7. The smallest absolute Gasteiger partial charge is 0.0203 e. The summed E-state index contributed by atoms with van der Waals surface area (Å²) in [7, 11) is 0. The second-order valence-electron chi connectivity index (χ2n) is 9.17. The molecule has 0 N–H and O–H groups in total. The lowest BCUT2D eigenvalue weighted by atomic mass is 9.85. The molecule has 0 heteroatoms. The van der Waals surface area contributed by atoms with Gasteiger partial charge >= 0.3 is 0 Å². The molecule has 163 valence electrons. The zero-order valence-corrected chi connectivity index (χ0v) is 19.7. The van der Waals surface area contributed by atoms with Gasteiger partial charge in [0.05, 0.1) is 0 Å². The largest absolute Gasteiger partial charge is 0.0888 e. The van der Waals surface area contributed by atoms with Gasteiger partial charge < -0.3 is 0 Å². The molecule has 0 saturated carbocycles. The highest BCUT2D eigenvalue weighted by Crippen LogP contribution is 2.28. The number of hydrogen-bond donors (Lipinski definition) is 0. The van der Waals surface area contributed by atoms with Gasteiger partial charge in [0, 0.05) is 0 Å². The van der Waals surface area contributed by atoms with Crippen LogP contribution < -0.4 is 0 Å². The average molecular weight is 404 g/mol. The molecule has 2 aromatic carbocycles. The molecule has 0 aliphatic carbocycles. The zero-order chi connectivity index (χ0) is 21.4. The van der Waals surface area contributed by atoms with Gasteiger partial charge in [0.15, 0.2) is 0 Å². The number of rotatable bonds is 15. The predicted molar refractivity (Wildman–Crippen MR) is 134 cm³/mol. The molecule has 0 aliphatic heterocycles. The van der Waals surface area contributed by atoms with Gasteiger partial charge in [0.1, 0.15) is 0 Å². The van der Waals surface area contributed by atoms with Gasteiger partial charge in [0.2, 0.25) is 0 Å². The fourth-order valence-electron chi connectivity index (χ4n) is 4.05. The molecule has 1 radical (unpaired) electrons. The van der Waals surface area contributed by atoms with E-state index in [1.54, 1.807) is 5.92 Å². The van der Waals surface area contributed by atoms with E-state index in [0.717, 1.165) is 18.3 Å². The van der Waals surface area contributed by atoms with E-state index in [4.69, 9.17) is 0 Å². The van der Waals surface area contributed by atoms with Crippen LogP contribution in [0.5, 0.6) is 0 Å². The summed E-state index contributed by atoms with van der Waals surface area (Å²) in [6.07, 6.45) is 17.4. The topological polar surface area (TPSA) is 0 Å². The van der Waals surface area contributed by atoms with Crippen LogP contribution in [0.15, 0.2) is 72.8 Å². The molecule has 30 heavy (non-hydrogen) atoms. The molecule has 2 aromatic rings. The standard InChI is InChI=1S/C30H43/c1-4-5-8-13-30(24-20-26(2)18-22-28-14-9-6-10-15-28)25-21-27(3)19-23-29-16-11-7-12-17-29/h5-12,14-17,26-27H,4,13,18-25H2,1-3H3/b8-5-. The molecular weight excluding hydrogens is 360 g/mol. The third-order valence-electron chi connectivity index (χ3n) is 6.33. The van der Waals surface area contributed by atoms with Crippen molar-refractivity contribution in [1.82, 2.24) is 0 Å². The Labute approximate surface area is 186 Å². The molecule has 2 rings (SSSR count). The lowest BCUT2D eigenvalue weighted by Crippen LogP contribution is -2.06. The normalized spacial score (nSPS) is 13.7. The molecule has 0 aliphatic rings. The molecule has 0 heterocycles. The summed E-state index contributed by atoms with van der Waals surface area (Å²) >= 11 is 0. The van der Waals surface area contributed by atoms with Crippen LogP contribution in [0.25, 0.3) is 0 Å². The number of allylic oxidation sites excluding steroid dienone is 2. The highest BCUT2D eigenvalue weighted by molar-refractivity contribution is 5.15. The first-order valence-corrected chi connectivity index (χ1v) is 12.2. The van der Waals surface area contributed by atoms with Crippen LogP contribution in [0.1, 0.15) is 83.3 Å². The Balaban J connectivity index is 1.71. The fraction of sp³-hybridized carbons (Fsp3) is 0.500. The highest BCUT2D eigenvalue weighted by Gasteiger charge is 2.13. The molecule has 0 saturated heterocycles. The van der Waals surface area contributed by atoms with Crippen LogP contribution in [-0.4, -0.2) is 0 Å². The summed E-state index contributed by atoms with van der Waals surface area (Å²) in [5.41, 5.74) is 2.96. The van der Waals surface area contributed by atoms with Gasteiger partial charge in [-0.1, -0.05) is 106 Å². The Hall–Kier alpha value is -1.82. The molecule has 0 amide bonds. The van der Waals surface area contributed by atoms with Crippen LogP contribution in [0, 0.1) is 17.8 Å². The maximum Gasteiger partial charge on any atom is -0.0203 e. The van der Waals surface area contributed by atoms with Crippen molar-refractivity contribution in [2.45, 2.75) is 85.0 Å². The quantitative estimate of drug-likeness (QED) is 0.260. The summed E-state index contributed by atoms with van der Waals surface area (Å²) in [6, 6.07) is 21.9. The molecule has 0 bridgehead atoms. The van der Waals surface area contributed by atoms with E-state index in [2.05, 4.69) is 93.6 Å². The maximum absolute atomic E-state index is 2.44. The Morgan fingerprint density at radius 2 is 1.13 bits per heavy atom. The number of hydrogen-bond acceptors (Lipinski definition) is 0. The maximum atomic E-state index is 2.44. The van der Waals surface area contributed by atoms with Crippen LogP contribution in [0.3, 0.4) is 0 Å². The van der Waals surface area contributed by atoms with E-state index in [1.807, 2.05) is 0 Å². The Kier molecular flexibility index (Phi) is 12.3. The lowest BCUT2D eigenvalue weighted by Gasteiger charge is -2.20. The first kappa shape index (κ1) is 24.4. The predicted octanol–water partition coefficient (Wildman–Crippen LogP) is 9.02. The van der Waals surface area contributed by atoms with Crippen molar-refractivity contribution in [3.8, 4) is 0 Å². The van der Waals surface area contributed by atoms with Gasteiger partial charge in [0.25, 0.3) is 0 Å². The van der Waals surface area contributed by atoms with Crippen LogP contribution >= 0.6 is 0 Å². The highest BCUT2D eigenvalue weighted by atomic mass is 14.2. The monoisotopic (exact) mass is 403 g/mol. The Morgan fingerprint density at radius 3 is 1.57 bits per heavy atom. The molecule has 0 fully saturated rings. The minimum Gasteiger partial charge on any atom is -0.0888 e. The van der Waals surface area contributed by atoms with Gasteiger partial charge in [-0.15, -0.1) is 0 Å². The minimum absolute atomic E-state index is 0.797. The lowest BCUT2D eigenvalue weighted by molar-refractivity contribution is 0.439. The fourth-order valence-corrected chi connectivity index (χ4v) is 4.05. The van der Waals surface area contributed by atoms with Crippen molar-refractivity contribution < 1.29 is 0 Å². The third kappa shape index (κ3) is 10.8. The molecule has 0 nitrogen and oxygen atoms in total. The number of benzene rings is 2. The van der Waals surface area contributed by atoms with Gasteiger partial charge in [-0.25, -0.2) is 0 Å². The molecule has 0 spiro atoms. The molecule has 2 atom stereocenters. The third-order valence-corrected chi connectivity index (χ3v) is 6.33. The molecule has 0 aromatic heterocycles. The molecule has 2 unspecified atom stereocenters. The minimum atomic E-state index is 0.797. The number of aryl methyl sites for hydroxylation is 2. The van der Waals surface area contributed by atoms with E-state index in [9.17, 15) is 0 Å². The second-order valence-corrected chi connectivity index (χ2v) is 9.17. The average Bonchev–Trinajstić information content (AvgIpc) is 2.79. The van der Waals surface area contributed by atoms with E-state index < -0.39 is 0 Å². The summed E-state index contributed by atoms with van der Waals surface area (Å²) in [4.78, 5) is 0. The van der Waals surface area contributed by atoms with Crippen molar-refractivity contribution >= 4 is 0 Å². The van der Waals surface area contributed by atoms with E-state index in [-0.39, 0.29) is 0 Å².